The van der Waals surface area contributed by atoms with Crippen LogP contribution < -0.4 is 10.2 Å². The maximum atomic E-state index is 13.1. The Morgan fingerprint density at radius 1 is 0.927 bits per heavy atom. The van der Waals surface area contributed by atoms with Crippen LogP contribution in [-0.4, -0.2) is 68.6 Å². The summed E-state index contributed by atoms with van der Waals surface area (Å²) in [6.07, 6.45) is -3.55. The van der Waals surface area contributed by atoms with Crippen molar-refractivity contribution in [3.05, 3.63) is 65.7 Å². The van der Waals surface area contributed by atoms with Gasteiger partial charge in [-0.05, 0) is 71.0 Å². The van der Waals surface area contributed by atoms with Gasteiger partial charge in [0.05, 0.1) is 17.6 Å². The number of benzene rings is 1. The smallest absolute Gasteiger partial charge is 0.433 e. The Morgan fingerprint density at radius 2 is 1.54 bits per heavy atom. The topological polar surface area (TPSA) is 113 Å². The van der Waals surface area contributed by atoms with E-state index in [2.05, 4.69) is 20.3 Å². The van der Waals surface area contributed by atoms with Crippen molar-refractivity contribution in [2.24, 2.45) is 0 Å². The lowest BCUT2D eigenvalue weighted by molar-refractivity contribution is -0.141. The van der Waals surface area contributed by atoms with E-state index in [1.54, 1.807) is 4.90 Å². The van der Waals surface area contributed by atoms with Crippen molar-refractivity contribution in [3.63, 3.8) is 0 Å². The van der Waals surface area contributed by atoms with E-state index in [0.29, 0.717) is 31.9 Å². The fourth-order valence-corrected chi connectivity index (χ4v) is 4.24. The number of aliphatic hydroxyl groups is 1. The van der Waals surface area contributed by atoms with Gasteiger partial charge < -0.3 is 25.0 Å². The highest BCUT2D eigenvalue weighted by atomic mass is 19.4. The number of hydrogen-bond donors (Lipinski definition) is 2. The minimum Gasteiger partial charge on any atom is -0.444 e. The van der Waals surface area contributed by atoms with Gasteiger partial charge in [-0.1, -0.05) is 6.07 Å². The lowest BCUT2D eigenvalue weighted by Gasteiger charge is -2.36. The second-order valence-corrected chi connectivity index (χ2v) is 11.2. The molecule has 220 valence electrons. The second kappa shape index (κ2) is 11.0. The van der Waals surface area contributed by atoms with E-state index < -0.39 is 34.7 Å². The van der Waals surface area contributed by atoms with Gasteiger partial charge in [-0.25, -0.2) is 14.5 Å². The molecule has 0 spiro atoms. The number of nitrogens with zero attached hydrogens (tertiary/aromatic N) is 5. The molecule has 1 saturated heterocycles. The maximum absolute atomic E-state index is 13.1. The molecule has 3 aromatic rings. The Kier molecular flexibility index (Phi) is 8.03. The highest BCUT2D eigenvalue weighted by molar-refractivity contribution is 6.03. The lowest BCUT2D eigenvalue weighted by Crippen LogP contribution is -2.50. The van der Waals surface area contributed by atoms with Gasteiger partial charge in [0, 0.05) is 31.9 Å². The van der Waals surface area contributed by atoms with E-state index in [9.17, 15) is 27.9 Å². The number of amides is 2. The Bertz CT molecular complexity index is 1400. The molecule has 10 nitrogen and oxygen atoms in total. The molecular formula is C28H33F3N6O4. The summed E-state index contributed by atoms with van der Waals surface area (Å²) in [4.78, 5) is 32.4. The van der Waals surface area contributed by atoms with Crippen molar-refractivity contribution >= 4 is 23.4 Å². The molecule has 3 heterocycles. The molecule has 2 aromatic heterocycles. The summed E-state index contributed by atoms with van der Waals surface area (Å²) < 4.78 is 46.1. The fraction of sp³-hybridized carbons (Fsp3) is 0.429. The maximum Gasteiger partial charge on any atom is 0.433 e. The van der Waals surface area contributed by atoms with Gasteiger partial charge in [0.2, 0.25) is 0 Å². The number of pyridine rings is 1. The van der Waals surface area contributed by atoms with Crippen LogP contribution in [0.1, 0.15) is 56.5 Å². The summed E-state index contributed by atoms with van der Waals surface area (Å²) in [6.45, 7) is 10.8. The van der Waals surface area contributed by atoms with Crippen LogP contribution in [0.2, 0.25) is 0 Å². The zero-order chi connectivity index (χ0) is 30.2. The number of aromatic nitrogens is 3. The highest BCUT2D eigenvalue weighted by Crippen LogP contribution is 2.30. The van der Waals surface area contributed by atoms with Crippen LogP contribution in [0.4, 0.5) is 29.3 Å². The van der Waals surface area contributed by atoms with Crippen LogP contribution in [0.15, 0.2) is 48.7 Å². The zero-order valence-electron chi connectivity index (χ0n) is 23.5. The molecule has 1 fully saturated rings. The van der Waals surface area contributed by atoms with Crippen molar-refractivity contribution in [1.82, 2.24) is 19.7 Å². The summed E-state index contributed by atoms with van der Waals surface area (Å²) >= 11 is 0. The molecular weight excluding hydrogens is 541 g/mol. The van der Waals surface area contributed by atoms with Crippen LogP contribution in [0, 0.1) is 0 Å². The number of alkyl halides is 3. The van der Waals surface area contributed by atoms with Gasteiger partial charge in [0.15, 0.2) is 0 Å². The molecule has 0 saturated carbocycles. The van der Waals surface area contributed by atoms with Gasteiger partial charge in [-0.2, -0.15) is 18.3 Å². The molecule has 0 aliphatic carbocycles. The first-order valence-corrected chi connectivity index (χ1v) is 13.0. The van der Waals surface area contributed by atoms with E-state index in [1.807, 2.05) is 45.0 Å². The number of hydrogen-bond acceptors (Lipinski definition) is 7. The van der Waals surface area contributed by atoms with Gasteiger partial charge in [0.25, 0.3) is 5.91 Å². The molecule has 0 radical (unpaired) electrons. The molecule has 1 aliphatic heterocycles. The normalized spacial score (nSPS) is 14.7. The highest BCUT2D eigenvalue weighted by Gasteiger charge is 2.33. The third-order valence-electron chi connectivity index (χ3n) is 6.22. The third-order valence-corrected chi connectivity index (χ3v) is 6.22. The van der Waals surface area contributed by atoms with Crippen molar-refractivity contribution in [3.8, 4) is 5.69 Å². The van der Waals surface area contributed by atoms with Crippen LogP contribution >= 0.6 is 0 Å². The number of carbonyl (C=O) groups excluding carboxylic acids is 2. The van der Waals surface area contributed by atoms with Gasteiger partial charge in [-0.3, -0.25) is 4.79 Å². The number of ether oxygens (including phenoxy) is 1. The molecule has 4 rings (SSSR count). The number of piperazine rings is 1. The Balaban J connectivity index is 1.48. The van der Waals surface area contributed by atoms with E-state index in [0.717, 1.165) is 17.8 Å². The van der Waals surface area contributed by atoms with Gasteiger partial charge in [-0.15, -0.1) is 0 Å². The standard InChI is InChI=1S/C28H33F3N6O4/c1-26(2,3)41-25(39)36-15-13-35(14-16-36)18-9-11-19(12-10-18)37-17-21(23(34-37)27(4,5)40)33-24(38)20-7-6-8-22(32-20)28(29,30)31/h6-12,17,40H,13-16H2,1-5H3,(H,33,38). The predicted molar refractivity (Wildman–Crippen MR) is 146 cm³/mol. The van der Waals surface area contributed by atoms with Crippen molar-refractivity contribution < 1.29 is 32.6 Å². The average molecular weight is 575 g/mol. The minimum atomic E-state index is -4.70. The zero-order valence-corrected chi connectivity index (χ0v) is 23.5. The van der Waals surface area contributed by atoms with Gasteiger partial charge >= 0.3 is 12.3 Å². The van der Waals surface area contributed by atoms with E-state index in [-0.39, 0.29) is 17.5 Å². The van der Waals surface area contributed by atoms with E-state index in [4.69, 9.17) is 4.74 Å². The Hall–Kier alpha value is -4.13. The number of rotatable bonds is 5. The Morgan fingerprint density at radius 3 is 2.10 bits per heavy atom. The van der Waals surface area contributed by atoms with Crippen molar-refractivity contribution in [2.45, 2.75) is 52.0 Å². The molecule has 1 aliphatic rings. The van der Waals surface area contributed by atoms with E-state index in [1.165, 1.54) is 30.8 Å². The number of nitrogens with one attached hydrogen (secondary N) is 1. The first-order chi connectivity index (χ1) is 19.0. The molecule has 13 heteroatoms. The molecule has 2 amide bonds. The van der Waals surface area contributed by atoms with Crippen molar-refractivity contribution in [1.29, 1.82) is 0 Å². The lowest BCUT2D eigenvalue weighted by atomic mass is 10.0. The van der Waals surface area contributed by atoms with Crippen LogP contribution in [0.25, 0.3) is 5.69 Å². The summed E-state index contributed by atoms with van der Waals surface area (Å²) in [5.41, 5.74) is -1.81. The largest absolute Gasteiger partial charge is 0.444 e. The predicted octanol–water partition coefficient (Wildman–Crippen LogP) is 4.82. The van der Waals surface area contributed by atoms with Crippen molar-refractivity contribution in [2.75, 3.05) is 36.4 Å². The molecule has 41 heavy (non-hydrogen) atoms. The van der Waals surface area contributed by atoms with Crippen LogP contribution in [0.3, 0.4) is 0 Å². The number of carbonyl (C=O) groups is 2. The van der Waals surface area contributed by atoms with Crippen LogP contribution in [0.5, 0.6) is 0 Å². The first kappa shape index (κ1) is 29.8. The quantitative estimate of drug-likeness (QED) is 0.449. The molecule has 0 bridgehead atoms. The number of halogens is 3. The summed E-state index contributed by atoms with van der Waals surface area (Å²) in [7, 11) is 0. The molecule has 0 atom stereocenters. The average Bonchev–Trinajstić information content (AvgIpc) is 3.32. The molecule has 0 unspecified atom stereocenters. The van der Waals surface area contributed by atoms with Crippen LogP contribution in [-0.2, 0) is 16.5 Å². The van der Waals surface area contributed by atoms with Gasteiger partial charge in [0.1, 0.15) is 28.3 Å². The summed E-state index contributed by atoms with van der Waals surface area (Å²) in [5.74, 6) is -0.873. The van der Waals surface area contributed by atoms with E-state index >= 15 is 0 Å². The second-order valence-electron chi connectivity index (χ2n) is 11.2. The minimum absolute atomic E-state index is 0.125. The SMILES string of the molecule is CC(C)(C)OC(=O)N1CCN(c2ccc(-n3cc(NC(=O)c4cccc(C(F)(F)F)n4)c(C(C)(C)O)n3)cc2)CC1. The molecule has 1 aromatic carbocycles. The molecule has 2 N–H and O–H groups in total. The third kappa shape index (κ3) is 7.34. The fourth-order valence-electron chi connectivity index (χ4n) is 4.24. The monoisotopic (exact) mass is 574 g/mol. The number of anilines is 2. The summed E-state index contributed by atoms with van der Waals surface area (Å²) in [6, 6.07) is 10.5. The first-order valence-electron chi connectivity index (χ1n) is 13.0. The Labute approximate surface area is 235 Å². The summed E-state index contributed by atoms with van der Waals surface area (Å²) in [5, 5.41) is 17.6.